The molecule has 0 spiro atoms. The minimum atomic E-state index is -3.47. The van der Waals surface area contributed by atoms with Crippen molar-refractivity contribution in [2.24, 2.45) is 5.92 Å². The largest absolute Gasteiger partial charge is 0.399 e. The van der Waals surface area contributed by atoms with E-state index in [0.29, 0.717) is 28.4 Å². The highest BCUT2D eigenvalue weighted by molar-refractivity contribution is 7.89. The highest BCUT2D eigenvalue weighted by atomic mass is 32.2. The maximum atomic E-state index is 12.6. The predicted molar refractivity (Wildman–Crippen MR) is 82.0 cm³/mol. The van der Waals surface area contributed by atoms with Crippen LogP contribution in [-0.2, 0) is 10.0 Å². The predicted octanol–water partition coefficient (Wildman–Crippen LogP) is 2.42. The molecule has 0 saturated heterocycles. The maximum absolute atomic E-state index is 12.6. The Kier molecular flexibility index (Phi) is 4.06. The number of benzene rings is 1. The van der Waals surface area contributed by atoms with E-state index in [-0.39, 0.29) is 0 Å². The molecule has 6 heteroatoms. The van der Waals surface area contributed by atoms with Gasteiger partial charge in [-0.2, -0.15) is 0 Å². The first-order valence-electron chi connectivity index (χ1n) is 6.65. The third-order valence-corrected chi connectivity index (χ3v) is 5.27. The molecule has 110 valence electrons. The van der Waals surface area contributed by atoms with E-state index in [1.54, 1.807) is 25.2 Å². The number of rotatable bonds is 5. The molecule has 0 aliphatic heterocycles. The summed E-state index contributed by atoms with van der Waals surface area (Å²) in [6.45, 7) is 4.67. The number of nitrogens with one attached hydrogen (secondary N) is 1. The van der Waals surface area contributed by atoms with Gasteiger partial charge in [0.2, 0.25) is 10.0 Å². The Labute approximate surface area is 119 Å². The van der Waals surface area contributed by atoms with Crippen molar-refractivity contribution in [1.29, 1.82) is 0 Å². The van der Waals surface area contributed by atoms with E-state index < -0.39 is 10.0 Å². The van der Waals surface area contributed by atoms with Crippen LogP contribution in [0.1, 0.15) is 20.3 Å². The summed E-state index contributed by atoms with van der Waals surface area (Å²) in [5, 5.41) is 0.676. The topological polar surface area (TPSA) is 79.2 Å². The molecular formula is C14H21N3O2S. The lowest BCUT2D eigenvalue weighted by molar-refractivity contribution is 0.428. The second-order valence-electron chi connectivity index (χ2n) is 5.47. The SMILES string of the molecule is CC(C)CCN(C)S(=O)(=O)c1c[nH]c2cc(N)ccc12. The number of hydrogen-bond acceptors (Lipinski definition) is 3. The highest BCUT2D eigenvalue weighted by Crippen LogP contribution is 2.26. The van der Waals surface area contributed by atoms with Gasteiger partial charge in [0.15, 0.2) is 0 Å². The number of nitrogens with zero attached hydrogens (tertiary/aromatic N) is 1. The van der Waals surface area contributed by atoms with Crippen LogP contribution in [0, 0.1) is 5.92 Å². The molecule has 3 N–H and O–H groups in total. The number of sulfonamides is 1. The third-order valence-electron chi connectivity index (χ3n) is 3.38. The first kappa shape index (κ1) is 14.9. The Morgan fingerprint density at radius 1 is 1.35 bits per heavy atom. The van der Waals surface area contributed by atoms with Crippen molar-refractivity contribution in [2.45, 2.75) is 25.2 Å². The van der Waals surface area contributed by atoms with Crippen molar-refractivity contribution in [1.82, 2.24) is 9.29 Å². The van der Waals surface area contributed by atoms with Gasteiger partial charge >= 0.3 is 0 Å². The Bertz CT molecular complexity index is 704. The number of anilines is 1. The van der Waals surface area contributed by atoms with Crippen LogP contribution in [0.2, 0.25) is 0 Å². The van der Waals surface area contributed by atoms with Crippen LogP contribution in [0.3, 0.4) is 0 Å². The van der Waals surface area contributed by atoms with E-state index in [9.17, 15) is 8.42 Å². The van der Waals surface area contributed by atoms with Crippen molar-refractivity contribution in [2.75, 3.05) is 19.3 Å². The van der Waals surface area contributed by atoms with E-state index >= 15 is 0 Å². The Balaban J connectivity index is 2.36. The van der Waals surface area contributed by atoms with Crippen LogP contribution in [0.5, 0.6) is 0 Å². The fraction of sp³-hybridized carbons (Fsp3) is 0.429. The standard InChI is InChI=1S/C14H21N3O2S/c1-10(2)6-7-17(3)20(18,19)14-9-16-13-8-11(15)4-5-12(13)14/h4-5,8-10,16H,6-7,15H2,1-3H3. The molecule has 0 fully saturated rings. The Hall–Kier alpha value is -1.53. The van der Waals surface area contributed by atoms with Crippen molar-refractivity contribution in [3.05, 3.63) is 24.4 Å². The van der Waals surface area contributed by atoms with Gasteiger partial charge in [0, 0.05) is 36.4 Å². The Morgan fingerprint density at radius 3 is 2.70 bits per heavy atom. The summed E-state index contributed by atoms with van der Waals surface area (Å²) >= 11 is 0. The normalized spacial score (nSPS) is 12.7. The molecule has 0 unspecified atom stereocenters. The average molecular weight is 295 g/mol. The van der Waals surface area contributed by atoms with Gasteiger partial charge in [-0.05, 0) is 30.5 Å². The van der Waals surface area contributed by atoms with Gasteiger partial charge in [-0.25, -0.2) is 12.7 Å². The smallest absolute Gasteiger partial charge is 0.244 e. The van der Waals surface area contributed by atoms with Gasteiger partial charge in [0.05, 0.1) is 0 Å². The highest BCUT2D eigenvalue weighted by Gasteiger charge is 2.24. The summed E-state index contributed by atoms with van der Waals surface area (Å²) in [4.78, 5) is 3.27. The summed E-state index contributed by atoms with van der Waals surface area (Å²) < 4.78 is 26.6. The molecule has 0 atom stereocenters. The van der Waals surface area contributed by atoms with Gasteiger partial charge < -0.3 is 10.7 Å². The average Bonchev–Trinajstić information content (AvgIpc) is 2.79. The van der Waals surface area contributed by atoms with E-state index in [2.05, 4.69) is 18.8 Å². The molecule has 0 radical (unpaired) electrons. The van der Waals surface area contributed by atoms with Crippen molar-refractivity contribution >= 4 is 26.6 Å². The molecule has 0 amide bonds. The summed E-state index contributed by atoms with van der Waals surface area (Å²) in [6.07, 6.45) is 2.37. The number of hydrogen-bond donors (Lipinski definition) is 2. The molecule has 1 aromatic heterocycles. The molecule has 0 aliphatic rings. The second-order valence-corrected chi connectivity index (χ2v) is 7.48. The van der Waals surface area contributed by atoms with Crippen LogP contribution < -0.4 is 5.73 Å². The van der Waals surface area contributed by atoms with Gasteiger partial charge in [-0.15, -0.1) is 0 Å². The van der Waals surface area contributed by atoms with E-state index in [1.807, 2.05) is 0 Å². The molecule has 1 aromatic carbocycles. The van der Waals surface area contributed by atoms with Gasteiger partial charge in [-0.1, -0.05) is 13.8 Å². The summed E-state index contributed by atoms with van der Waals surface area (Å²) in [6, 6.07) is 5.19. The lowest BCUT2D eigenvalue weighted by atomic mass is 10.1. The fourth-order valence-electron chi connectivity index (χ4n) is 2.06. The number of nitrogens with two attached hydrogens (primary N) is 1. The summed E-state index contributed by atoms with van der Waals surface area (Å²) in [7, 11) is -1.85. The molecule has 5 nitrogen and oxygen atoms in total. The van der Waals surface area contributed by atoms with E-state index in [4.69, 9.17) is 5.73 Å². The van der Waals surface area contributed by atoms with Crippen LogP contribution in [0.25, 0.3) is 10.9 Å². The molecule has 20 heavy (non-hydrogen) atoms. The summed E-state index contributed by atoms with van der Waals surface area (Å²) in [5.41, 5.74) is 7.05. The lowest BCUT2D eigenvalue weighted by Gasteiger charge is -2.17. The van der Waals surface area contributed by atoms with Crippen molar-refractivity contribution in [3.63, 3.8) is 0 Å². The third kappa shape index (κ3) is 2.81. The number of aromatic amines is 1. The minimum Gasteiger partial charge on any atom is -0.399 e. The zero-order valence-electron chi connectivity index (χ0n) is 12.1. The minimum absolute atomic E-state index is 0.304. The van der Waals surface area contributed by atoms with Crippen LogP contribution in [0.15, 0.2) is 29.3 Å². The van der Waals surface area contributed by atoms with Crippen molar-refractivity contribution < 1.29 is 8.42 Å². The molecular weight excluding hydrogens is 274 g/mol. The molecule has 2 aromatic rings. The zero-order chi connectivity index (χ0) is 14.9. The summed E-state index contributed by atoms with van der Waals surface area (Å²) in [5.74, 6) is 0.468. The number of fused-ring (bicyclic) bond motifs is 1. The van der Waals surface area contributed by atoms with Crippen LogP contribution in [-0.4, -0.2) is 31.3 Å². The molecule has 0 saturated carbocycles. The van der Waals surface area contributed by atoms with E-state index in [1.165, 1.54) is 10.5 Å². The van der Waals surface area contributed by atoms with Crippen molar-refractivity contribution in [3.8, 4) is 0 Å². The maximum Gasteiger partial charge on any atom is 0.244 e. The second kappa shape index (κ2) is 5.46. The lowest BCUT2D eigenvalue weighted by Crippen LogP contribution is -2.28. The molecule has 0 aliphatic carbocycles. The van der Waals surface area contributed by atoms with E-state index in [0.717, 1.165) is 11.9 Å². The number of H-pyrrole nitrogens is 1. The first-order valence-corrected chi connectivity index (χ1v) is 8.09. The zero-order valence-corrected chi connectivity index (χ0v) is 12.9. The molecule has 2 rings (SSSR count). The molecule has 0 bridgehead atoms. The van der Waals surface area contributed by atoms with Gasteiger partial charge in [-0.3, -0.25) is 0 Å². The monoisotopic (exact) mass is 295 g/mol. The molecule has 1 heterocycles. The van der Waals surface area contributed by atoms with Crippen LogP contribution in [0.4, 0.5) is 5.69 Å². The number of aromatic nitrogens is 1. The quantitative estimate of drug-likeness (QED) is 0.831. The fourth-order valence-corrected chi connectivity index (χ4v) is 3.40. The van der Waals surface area contributed by atoms with Gasteiger partial charge in [0.1, 0.15) is 4.90 Å². The van der Waals surface area contributed by atoms with Gasteiger partial charge in [0.25, 0.3) is 0 Å². The Morgan fingerprint density at radius 2 is 2.05 bits per heavy atom. The first-order chi connectivity index (χ1) is 9.32. The number of nitrogen functional groups attached to an aromatic ring is 1. The van der Waals surface area contributed by atoms with Crippen LogP contribution >= 0.6 is 0 Å².